The van der Waals surface area contributed by atoms with Gasteiger partial charge in [0.25, 0.3) is 0 Å². The summed E-state index contributed by atoms with van der Waals surface area (Å²) in [6.45, 7) is 1.95. The van der Waals surface area contributed by atoms with Crippen molar-refractivity contribution in [3.63, 3.8) is 0 Å². The number of aromatic amines is 1. The number of nitrogens with zero attached hydrogens (tertiary/aromatic N) is 4. The van der Waals surface area contributed by atoms with Crippen LogP contribution in [-0.2, 0) is 0 Å². The lowest BCUT2D eigenvalue weighted by Gasteiger charge is -2.12. The minimum Gasteiger partial charge on any atom is -0.336 e. The predicted molar refractivity (Wildman–Crippen MR) is 97.4 cm³/mol. The number of pyridine rings is 2. The molecular formula is C18H15ClN6. The molecule has 3 aromatic rings. The van der Waals surface area contributed by atoms with Crippen LogP contribution >= 0.6 is 11.6 Å². The minimum atomic E-state index is 0.558. The topological polar surface area (TPSA) is 78.8 Å². The summed E-state index contributed by atoms with van der Waals surface area (Å²) >= 11 is 6.40. The molecule has 124 valence electrons. The molecule has 7 heteroatoms. The fourth-order valence-electron chi connectivity index (χ4n) is 3.09. The van der Waals surface area contributed by atoms with Crippen LogP contribution in [0.1, 0.15) is 41.3 Å². The van der Waals surface area contributed by atoms with Crippen LogP contribution in [0.2, 0.25) is 5.02 Å². The molecule has 0 saturated heterocycles. The van der Waals surface area contributed by atoms with Crippen LogP contribution in [0.15, 0.2) is 35.7 Å². The molecule has 0 bridgehead atoms. The van der Waals surface area contributed by atoms with Crippen molar-refractivity contribution in [1.82, 2.24) is 20.2 Å². The Labute approximate surface area is 149 Å². The quantitative estimate of drug-likeness (QED) is 0.566. The van der Waals surface area contributed by atoms with Crippen molar-refractivity contribution in [2.45, 2.75) is 25.7 Å². The molecule has 0 radical (unpaired) electrons. The normalized spacial score (nSPS) is 15.7. The summed E-state index contributed by atoms with van der Waals surface area (Å²) in [5.74, 6) is 1.28. The van der Waals surface area contributed by atoms with Gasteiger partial charge in [-0.3, -0.25) is 15.1 Å². The maximum absolute atomic E-state index is 6.40. The highest BCUT2D eigenvalue weighted by Gasteiger charge is 2.28. The third-order valence-corrected chi connectivity index (χ3v) is 4.90. The fourth-order valence-corrected chi connectivity index (χ4v) is 3.29. The summed E-state index contributed by atoms with van der Waals surface area (Å²) in [5, 5.41) is 11.3. The van der Waals surface area contributed by atoms with Crippen LogP contribution < -0.4 is 5.32 Å². The summed E-state index contributed by atoms with van der Waals surface area (Å²) in [7, 11) is 0. The Balaban J connectivity index is 1.76. The van der Waals surface area contributed by atoms with Crippen molar-refractivity contribution in [2.75, 3.05) is 5.32 Å². The van der Waals surface area contributed by atoms with E-state index in [0.717, 1.165) is 39.6 Å². The van der Waals surface area contributed by atoms with Gasteiger partial charge in [0.1, 0.15) is 5.69 Å². The van der Waals surface area contributed by atoms with Crippen molar-refractivity contribution in [3.8, 4) is 0 Å². The number of fused-ring (bicyclic) bond motifs is 2. The molecule has 2 aliphatic rings. The number of hydrogen-bond acceptors (Lipinski definition) is 5. The van der Waals surface area contributed by atoms with E-state index in [2.05, 4.69) is 31.5 Å². The number of anilines is 2. The highest BCUT2D eigenvalue weighted by Crippen LogP contribution is 2.42. The van der Waals surface area contributed by atoms with Crippen LogP contribution in [0.25, 0.3) is 0 Å². The Morgan fingerprint density at radius 2 is 2.08 bits per heavy atom. The Morgan fingerprint density at radius 3 is 2.88 bits per heavy atom. The fraction of sp³-hybridized carbons (Fsp3) is 0.222. The van der Waals surface area contributed by atoms with E-state index in [1.807, 2.05) is 19.2 Å². The number of hydrogen-bond donors (Lipinski definition) is 2. The number of aliphatic imine (C=N–C) groups is 1. The Bertz CT molecular complexity index is 1020. The largest absolute Gasteiger partial charge is 0.336 e. The van der Waals surface area contributed by atoms with Crippen molar-refractivity contribution in [2.24, 2.45) is 4.99 Å². The lowest BCUT2D eigenvalue weighted by atomic mass is 10.0. The van der Waals surface area contributed by atoms with Gasteiger partial charge >= 0.3 is 0 Å². The standard InChI is InChI=1S/C18H15ClN6/c1-9-16-18(25-24-9)22-15-6-14(10-2-3-10)21-7-12(15)17(23-16)11-4-5-20-8-13(11)19/h4-8,10H,2-3H2,1H3,(H2,22,24,25). The molecule has 1 aliphatic heterocycles. The minimum absolute atomic E-state index is 0.558. The number of halogens is 1. The zero-order valence-electron chi connectivity index (χ0n) is 13.5. The van der Waals surface area contributed by atoms with Gasteiger partial charge in [-0.05, 0) is 31.9 Å². The maximum atomic E-state index is 6.40. The van der Waals surface area contributed by atoms with Crippen molar-refractivity contribution in [1.29, 1.82) is 0 Å². The summed E-state index contributed by atoms with van der Waals surface area (Å²) in [6.07, 6.45) is 7.64. The third-order valence-electron chi connectivity index (χ3n) is 4.60. The van der Waals surface area contributed by atoms with Crippen molar-refractivity contribution >= 4 is 34.5 Å². The average molecular weight is 351 g/mol. The molecule has 0 amide bonds. The highest BCUT2D eigenvalue weighted by atomic mass is 35.5. The second-order valence-electron chi connectivity index (χ2n) is 6.42. The number of aryl methyl sites for hydroxylation is 1. The molecule has 6 nitrogen and oxygen atoms in total. The van der Waals surface area contributed by atoms with Gasteiger partial charge in [-0.15, -0.1) is 0 Å². The van der Waals surface area contributed by atoms with E-state index in [-0.39, 0.29) is 0 Å². The van der Waals surface area contributed by atoms with Crippen LogP contribution in [0.4, 0.5) is 17.2 Å². The smallest absolute Gasteiger partial charge is 0.178 e. The first kappa shape index (κ1) is 14.6. The second kappa shape index (κ2) is 5.39. The number of H-pyrrole nitrogens is 1. The van der Waals surface area contributed by atoms with Gasteiger partial charge in [-0.25, -0.2) is 4.99 Å². The predicted octanol–water partition coefficient (Wildman–Crippen LogP) is 4.27. The molecule has 1 aliphatic carbocycles. The number of nitrogens with one attached hydrogen (secondary N) is 2. The first-order chi connectivity index (χ1) is 12.2. The first-order valence-corrected chi connectivity index (χ1v) is 8.59. The molecule has 2 N–H and O–H groups in total. The summed E-state index contributed by atoms with van der Waals surface area (Å²) in [5.41, 5.74) is 6.26. The first-order valence-electron chi connectivity index (χ1n) is 8.21. The summed E-state index contributed by atoms with van der Waals surface area (Å²) in [4.78, 5) is 13.6. The van der Waals surface area contributed by atoms with E-state index in [1.54, 1.807) is 12.4 Å². The molecule has 4 heterocycles. The maximum Gasteiger partial charge on any atom is 0.178 e. The molecular weight excluding hydrogens is 336 g/mol. The van der Waals surface area contributed by atoms with Crippen LogP contribution in [0.3, 0.4) is 0 Å². The van der Waals surface area contributed by atoms with Crippen LogP contribution in [0, 0.1) is 6.92 Å². The van der Waals surface area contributed by atoms with Gasteiger partial charge in [-0.2, -0.15) is 5.10 Å². The third kappa shape index (κ3) is 2.41. The van der Waals surface area contributed by atoms with Crippen molar-refractivity contribution in [3.05, 3.63) is 58.3 Å². The molecule has 1 fully saturated rings. The second-order valence-corrected chi connectivity index (χ2v) is 6.82. The molecule has 0 aromatic carbocycles. The summed E-state index contributed by atoms with van der Waals surface area (Å²) < 4.78 is 0. The Kier molecular flexibility index (Phi) is 3.15. The zero-order chi connectivity index (χ0) is 17.0. The van der Waals surface area contributed by atoms with Gasteiger partial charge in [0.2, 0.25) is 0 Å². The van der Waals surface area contributed by atoms with Crippen LogP contribution in [0.5, 0.6) is 0 Å². The van der Waals surface area contributed by atoms with Gasteiger partial charge in [0, 0.05) is 41.3 Å². The zero-order valence-corrected chi connectivity index (χ0v) is 14.3. The van der Waals surface area contributed by atoms with Crippen LogP contribution in [-0.4, -0.2) is 25.9 Å². The summed E-state index contributed by atoms with van der Waals surface area (Å²) in [6, 6.07) is 3.98. The van der Waals surface area contributed by atoms with Gasteiger partial charge < -0.3 is 5.32 Å². The average Bonchev–Trinajstić information content (AvgIpc) is 3.42. The van der Waals surface area contributed by atoms with E-state index in [9.17, 15) is 0 Å². The molecule has 0 unspecified atom stereocenters. The van der Waals surface area contributed by atoms with E-state index < -0.39 is 0 Å². The number of aromatic nitrogens is 4. The van der Waals surface area contributed by atoms with E-state index >= 15 is 0 Å². The monoisotopic (exact) mass is 350 g/mol. The lowest BCUT2D eigenvalue weighted by molar-refractivity contribution is 1.02. The molecule has 0 spiro atoms. The molecule has 5 rings (SSSR count). The lowest BCUT2D eigenvalue weighted by Crippen LogP contribution is -2.08. The molecule has 3 aromatic heterocycles. The van der Waals surface area contributed by atoms with E-state index in [4.69, 9.17) is 16.6 Å². The number of rotatable bonds is 2. The van der Waals surface area contributed by atoms with Gasteiger partial charge in [-0.1, -0.05) is 11.6 Å². The van der Waals surface area contributed by atoms with Gasteiger partial charge in [0.05, 0.1) is 22.1 Å². The molecule has 25 heavy (non-hydrogen) atoms. The van der Waals surface area contributed by atoms with E-state index in [1.165, 1.54) is 12.8 Å². The molecule has 1 saturated carbocycles. The van der Waals surface area contributed by atoms with Gasteiger partial charge in [0.15, 0.2) is 5.82 Å². The molecule has 0 atom stereocenters. The SMILES string of the molecule is Cc1[nH]nc2c1N=C(c1ccncc1Cl)c1cnc(C3CC3)cc1N2. The Hall–Kier alpha value is -2.73. The van der Waals surface area contributed by atoms with Crippen molar-refractivity contribution < 1.29 is 0 Å². The van der Waals surface area contributed by atoms with E-state index in [0.29, 0.717) is 16.8 Å². The highest BCUT2D eigenvalue weighted by molar-refractivity contribution is 6.36. The Morgan fingerprint density at radius 1 is 1.20 bits per heavy atom.